The Morgan fingerprint density at radius 3 is 2.72 bits per heavy atom. The van der Waals surface area contributed by atoms with Crippen LogP contribution in [-0.4, -0.2) is 51.5 Å². The van der Waals surface area contributed by atoms with E-state index in [9.17, 15) is 13.2 Å². The number of fused-ring (bicyclic) bond motifs is 1. The highest BCUT2D eigenvalue weighted by Crippen LogP contribution is 2.30. The summed E-state index contributed by atoms with van der Waals surface area (Å²) in [5.41, 5.74) is 3.03. The zero-order valence-corrected chi connectivity index (χ0v) is 17.2. The Balaban J connectivity index is 1.46. The van der Waals surface area contributed by atoms with Gasteiger partial charge in [0.25, 0.3) is 5.91 Å². The highest BCUT2D eigenvalue weighted by atomic mass is 32.2. The van der Waals surface area contributed by atoms with E-state index >= 15 is 0 Å². The number of amides is 1. The van der Waals surface area contributed by atoms with Crippen molar-refractivity contribution in [3.63, 3.8) is 0 Å². The van der Waals surface area contributed by atoms with Crippen LogP contribution in [0.4, 0.5) is 0 Å². The van der Waals surface area contributed by atoms with Crippen molar-refractivity contribution in [2.24, 2.45) is 0 Å². The van der Waals surface area contributed by atoms with Crippen LogP contribution in [0.25, 0.3) is 0 Å². The topological polar surface area (TPSA) is 75.7 Å². The third kappa shape index (κ3) is 4.37. The van der Waals surface area contributed by atoms with E-state index < -0.39 is 10.0 Å². The number of carbonyl (C=O) groups is 1. The zero-order valence-electron chi connectivity index (χ0n) is 16.3. The van der Waals surface area contributed by atoms with Crippen molar-refractivity contribution >= 4 is 15.9 Å². The van der Waals surface area contributed by atoms with Gasteiger partial charge < -0.3 is 10.1 Å². The molecule has 2 aliphatic rings. The number of carbonyl (C=O) groups excluding carboxylic acids is 1. The molecule has 1 saturated heterocycles. The average Bonchev–Trinajstić information content (AvgIpc) is 2.78. The molecule has 2 aromatic rings. The number of hydrogen-bond donors (Lipinski definition) is 1. The van der Waals surface area contributed by atoms with Crippen molar-refractivity contribution in [1.82, 2.24) is 9.62 Å². The Morgan fingerprint density at radius 2 is 1.90 bits per heavy atom. The van der Waals surface area contributed by atoms with Crippen LogP contribution in [-0.2, 0) is 21.2 Å². The van der Waals surface area contributed by atoms with Crippen LogP contribution in [0.2, 0.25) is 0 Å². The largest absolute Gasteiger partial charge is 0.379 e. The molecular weight excluding hydrogens is 388 g/mol. The van der Waals surface area contributed by atoms with Crippen LogP contribution in [0.15, 0.2) is 53.4 Å². The lowest BCUT2D eigenvalue weighted by molar-refractivity contribution is 0.0730. The van der Waals surface area contributed by atoms with Gasteiger partial charge in [0.1, 0.15) is 0 Å². The molecule has 1 heterocycles. The van der Waals surface area contributed by atoms with Crippen LogP contribution in [0.1, 0.15) is 40.2 Å². The standard InChI is InChI=1S/C22H26N2O4S/c25-22(23-16-19-8-3-6-17-5-1-2-10-21(17)19)18-7-4-9-20(15-18)29(26,27)24-11-13-28-14-12-24/h1-2,4-5,7,9-10,15,19H,3,6,8,11-14,16H2,(H,23,25)/t19-/m0/s1. The van der Waals surface area contributed by atoms with Crippen LogP contribution in [0, 0.1) is 0 Å². The molecule has 6 nitrogen and oxygen atoms in total. The summed E-state index contributed by atoms with van der Waals surface area (Å²) in [6, 6.07) is 14.7. The van der Waals surface area contributed by atoms with Gasteiger partial charge in [-0.1, -0.05) is 30.3 Å². The number of aryl methyl sites for hydroxylation is 1. The number of benzene rings is 2. The van der Waals surface area contributed by atoms with E-state index in [1.807, 2.05) is 6.07 Å². The zero-order chi connectivity index (χ0) is 20.3. The third-order valence-corrected chi connectivity index (χ3v) is 7.60. The van der Waals surface area contributed by atoms with Gasteiger partial charge in [0.05, 0.1) is 18.1 Å². The number of nitrogens with zero attached hydrogens (tertiary/aromatic N) is 1. The van der Waals surface area contributed by atoms with Gasteiger partial charge in [-0.15, -0.1) is 0 Å². The summed E-state index contributed by atoms with van der Waals surface area (Å²) < 4.78 is 32.3. The first kappa shape index (κ1) is 20.1. The highest BCUT2D eigenvalue weighted by Gasteiger charge is 2.27. The van der Waals surface area contributed by atoms with Crippen LogP contribution in [0.3, 0.4) is 0 Å². The average molecular weight is 415 g/mol. The Morgan fingerprint density at radius 1 is 1.10 bits per heavy atom. The normalized spacial score (nSPS) is 20.1. The first-order valence-corrected chi connectivity index (χ1v) is 11.5. The van der Waals surface area contributed by atoms with Crippen LogP contribution >= 0.6 is 0 Å². The highest BCUT2D eigenvalue weighted by molar-refractivity contribution is 7.89. The van der Waals surface area contributed by atoms with E-state index in [2.05, 4.69) is 23.5 Å². The summed E-state index contributed by atoms with van der Waals surface area (Å²) in [4.78, 5) is 12.9. The van der Waals surface area contributed by atoms with Crippen molar-refractivity contribution in [3.8, 4) is 0 Å². The maximum absolute atomic E-state index is 12.8. The Labute approximate surface area is 171 Å². The Hall–Kier alpha value is -2.22. The molecular formula is C22H26N2O4S. The second kappa shape index (κ2) is 8.65. The van der Waals surface area contributed by atoms with Crippen LogP contribution in [0.5, 0.6) is 0 Å². The molecule has 1 N–H and O–H groups in total. The van der Waals surface area contributed by atoms with Gasteiger partial charge in [0, 0.05) is 31.1 Å². The first-order chi connectivity index (χ1) is 14.1. The van der Waals surface area contributed by atoms with Gasteiger partial charge in [0.15, 0.2) is 0 Å². The lowest BCUT2D eigenvalue weighted by atomic mass is 9.83. The number of rotatable bonds is 5. The quantitative estimate of drug-likeness (QED) is 0.816. The van der Waals surface area contributed by atoms with Gasteiger partial charge in [-0.05, 0) is 48.6 Å². The predicted molar refractivity (Wildman–Crippen MR) is 110 cm³/mol. The Kier molecular flexibility index (Phi) is 5.99. The molecule has 7 heteroatoms. The third-order valence-electron chi connectivity index (χ3n) is 5.71. The summed E-state index contributed by atoms with van der Waals surface area (Å²) in [5, 5.41) is 3.00. The second-order valence-corrected chi connectivity index (χ2v) is 9.48. The minimum absolute atomic E-state index is 0.148. The maximum atomic E-state index is 12.8. The molecule has 29 heavy (non-hydrogen) atoms. The summed E-state index contributed by atoms with van der Waals surface area (Å²) in [5.74, 6) is 0.0521. The SMILES string of the molecule is O=C(NC[C@@H]1CCCc2ccccc21)c1cccc(S(=O)(=O)N2CCOCC2)c1. The van der Waals surface area contributed by atoms with Crippen molar-refractivity contribution in [1.29, 1.82) is 0 Å². The van der Waals surface area contributed by atoms with Crippen molar-refractivity contribution in [3.05, 3.63) is 65.2 Å². The first-order valence-electron chi connectivity index (χ1n) is 10.1. The van der Waals surface area contributed by atoms with Gasteiger partial charge in [0.2, 0.25) is 10.0 Å². The van der Waals surface area contributed by atoms with Crippen LogP contribution < -0.4 is 5.32 Å². The molecule has 0 spiro atoms. The molecule has 0 bridgehead atoms. The van der Waals surface area contributed by atoms with Crippen molar-refractivity contribution < 1.29 is 17.9 Å². The summed E-state index contributed by atoms with van der Waals surface area (Å²) in [7, 11) is -3.62. The minimum atomic E-state index is -3.62. The van der Waals surface area contributed by atoms with E-state index in [-0.39, 0.29) is 10.8 Å². The molecule has 154 valence electrons. The molecule has 1 aliphatic heterocycles. The van der Waals surface area contributed by atoms with E-state index in [1.165, 1.54) is 21.5 Å². The fourth-order valence-electron chi connectivity index (χ4n) is 4.12. The van der Waals surface area contributed by atoms with E-state index in [0.29, 0.717) is 44.3 Å². The molecule has 0 saturated carbocycles. The molecule has 1 amide bonds. The molecule has 1 fully saturated rings. The lowest BCUT2D eigenvalue weighted by Gasteiger charge is -2.26. The number of hydrogen-bond acceptors (Lipinski definition) is 4. The number of nitrogens with one attached hydrogen (secondary N) is 1. The van der Waals surface area contributed by atoms with Gasteiger partial charge >= 0.3 is 0 Å². The molecule has 1 atom stereocenters. The Bertz CT molecular complexity index is 984. The molecule has 1 aliphatic carbocycles. The number of ether oxygens (including phenoxy) is 1. The van der Waals surface area contributed by atoms with E-state index in [1.54, 1.807) is 18.2 Å². The molecule has 4 rings (SSSR count). The molecule has 0 unspecified atom stereocenters. The van der Waals surface area contributed by atoms with Gasteiger partial charge in [-0.2, -0.15) is 4.31 Å². The van der Waals surface area contributed by atoms with E-state index in [0.717, 1.165) is 19.3 Å². The molecule has 0 aromatic heterocycles. The second-order valence-electron chi connectivity index (χ2n) is 7.54. The van der Waals surface area contributed by atoms with Crippen molar-refractivity contribution in [2.75, 3.05) is 32.8 Å². The summed E-state index contributed by atoms with van der Waals surface area (Å²) >= 11 is 0. The van der Waals surface area contributed by atoms with Gasteiger partial charge in [-0.25, -0.2) is 8.42 Å². The molecule has 0 radical (unpaired) electrons. The smallest absolute Gasteiger partial charge is 0.251 e. The van der Waals surface area contributed by atoms with E-state index in [4.69, 9.17) is 4.74 Å². The number of morpholine rings is 1. The fraction of sp³-hybridized carbons (Fsp3) is 0.409. The van der Waals surface area contributed by atoms with Gasteiger partial charge in [-0.3, -0.25) is 4.79 Å². The lowest BCUT2D eigenvalue weighted by Crippen LogP contribution is -2.40. The maximum Gasteiger partial charge on any atom is 0.251 e. The summed E-state index contributed by atoms with van der Waals surface area (Å²) in [6.07, 6.45) is 3.25. The minimum Gasteiger partial charge on any atom is -0.379 e. The fourth-order valence-corrected chi connectivity index (χ4v) is 5.57. The monoisotopic (exact) mass is 414 g/mol. The van der Waals surface area contributed by atoms with Crippen molar-refractivity contribution in [2.45, 2.75) is 30.1 Å². The predicted octanol–water partition coefficient (Wildman–Crippen LogP) is 2.56. The number of sulfonamides is 1. The molecule has 2 aromatic carbocycles. The summed E-state index contributed by atoms with van der Waals surface area (Å²) in [6.45, 7) is 2.00.